The number of hydrogen-bond acceptors (Lipinski definition) is 4. The Morgan fingerprint density at radius 3 is 2.53 bits per heavy atom. The highest BCUT2D eigenvalue weighted by molar-refractivity contribution is 5.89. The Bertz CT molecular complexity index is 335. The molecule has 1 aromatic carbocycles. The number of hydrogen-bond donors (Lipinski definition) is 1. The first-order valence-electron chi connectivity index (χ1n) is 5.81. The van der Waals surface area contributed by atoms with Crippen LogP contribution in [-0.4, -0.2) is 32.3 Å². The van der Waals surface area contributed by atoms with Crippen molar-refractivity contribution in [3.05, 3.63) is 35.4 Å². The summed E-state index contributed by atoms with van der Waals surface area (Å²) in [4.78, 5) is 11.6. The van der Waals surface area contributed by atoms with Crippen LogP contribution in [0, 0.1) is 0 Å². The van der Waals surface area contributed by atoms with Crippen LogP contribution >= 0.6 is 0 Å². The van der Waals surface area contributed by atoms with Crippen molar-refractivity contribution in [1.82, 2.24) is 0 Å². The highest BCUT2D eigenvalue weighted by Gasteiger charge is 2.06. The van der Waals surface area contributed by atoms with E-state index in [2.05, 4.69) is 0 Å². The van der Waals surface area contributed by atoms with Gasteiger partial charge in [-0.1, -0.05) is 12.1 Å². The maximum Gasteiger partial charge on any atom is 0.338 e. The Labute approximate surface area is 102 Å². The molecule has 2 N–H and O–H groups in total. The molecule has 4 heteroatoms. The molecule has 0 aliphatic rings. The molecule has 0 aliphatic carbocycles. The molecule has 0 amide bonds. The molecule has 0 heterocycles. The van der Waals surface area contributed by atoms with Crippen LogP contribution in [0.25, 0.3) is 0 Å². The summed E-state index contributed by atoms with van der Waals surface area (Å²) in [5, 5.41) is 0. The first-order valence-corrected chi connectivity index (χ1v) is 5.81. The van der Waals surface area contributed by atoms with Gasteiger partial charge >= 0.3 is 5.97 Å². The van der Waals surface area contributed by atoms with Crippen molar-refractivity contribution >= 4 is 5.97 Å². The normalized spacial score (nSPS) is 10.2. The number of esters is 1. The van der Waals surface area contributed by atoms with Crippen LogP contribution in [0.2, 0.25) is 0 Å². The number of benzene rings is 1. The van der Waals surface area contributed by atoms with Crippen molar-refractivity contribution in [2.45, 2.75) is 13.3 Å². The maximum atomic E-state index is 11.6. The largest absolute Gasteiger partial charge is 0.460 e. The average molecular weight is 237 g/mol. The predicted molar refractivity (Wildman–Crippen MR) is 66.0 cm³/mol. The average Bonchev–Trinajstić information content (AvgIpc) is 2.36. The molecule has 0 bridgehead atoms. The van der Waals surface area contributed by atoms with E-state index in [1.807, 2.05) is 19.1 Å². The van der Waals surface area contributed by atoms with Crippen molar-refractivity contribution < 1.29 is 14.3 Å². The van der Waals surface area contributed by atoms with E-state index in [0.717, 1.165) is 12.0 Å². The van der Waals surface area contributed by atoms with E-state index in [1.54, 1.807) is 12.1 Å². The third-order valence-corrected chi connectivity index (χ3v) is 2.29. The van der Waals surface area contributed by atoms with Gasteiger partial charge in [-0.15, -0.1) is 0 Å². The summed E-state index contributed by atoms with van der Waals surface area (Å²) >= 11 is 0. The minimum atomic E-state index is -0.316. The fourth-order valence-electron chi connectivity index (χ4n) is 1.40. The topological polar surface area (TPSA) is 61.5 Å². The van der Waals surface area contributed by atoms with Gasteiger partial charge in [0.1, 0.15) is 6.61 Å². The minimum absolute atomic E-state index is 0.289. The number of carbonyl (C=O) groups excluding carboxylic acids is 1. The van der Waals surface area contributed by atoms with E-state index in [9.17, 15) is 4.79 Å². The summed E-state index contributed by atoms with van der Waals surface area (Å²) in [6.07, 6.45) is 0.819. The van der Waals surface area contributed by atoms with E-state index in [4.69, 9.17) is 15.2 Å². The predicted octanol–water partition coefficient (Wildman–Crippen LogP) is 1.38. The fourth-order valence-corrected chi connectivity index (χ4v) is 1.40. The summed E-state index contributed by atoms with van der Waals surface area (Å²) in [7, 11) is 0. The van der Waals surface area contributed by atoms with Gasteiger partial charge in [0.25, 0.3) is 0 Å². The molecule has 94 valence electrons. The van der Waals surface area contributed by atoms with Crippen molar-refractivity contribution in [3.63, 3.8) is 0 Å². The number of ether oxygens (including phenoxy) is 2. The Hall–Kier alpha value is -1.39. The van der Waals surface area contributed by atoms with E-state index in [-0.39, 0.29) is 12.6 Å². The zero-order chi connectivity index (χ0) is 12.5. The first kappa shape index (κ1) is 13.7. The molecule has 0 fully saturated rings. The van der Waals surface area contributed by atoms with Gasteiger partial charge in [-0.2, -0.15) is 0 Å². The number of rotatable bonds is 7. The standard InChI is InChI=1S/C13H19NO3/c1-2-16-9-10-17-13(15)12-5-3-11(4-6-12)7-8-14/h3-6H,2,7-10,14H2,1H3. The number of nitrogens with two attached hydrogens (primary N) is 1. The lowest BCUT2D eigenvalue weighted by Crippen LogP contribution is -2.11. The van der Waals surface area contributed by atoms with Crippen LogP contribution in [0.4, 0.5) is 0 Å². The smallest absolute Gasteiger partial charge is 0.338 e. The van der Waals surface area contributed by atoms with Crippen LogP contribution in [-0.2, 0) is 15.9 Å². The van der Waals surface area contributed by atoms with E-state index in [0.29, 0.717) is 25.3 Å². The summed E-state index contributed by atoms with van der Waals surface area (Å²) in [6.45, 7) is 3.87. The van der Waals surface area contributed by atoms with E-state index < -0.39 is 0 Å². The Balaban J connectivity index is 2.40. The van der Waals surface area contributed by atoms with Crippen molar-refractivity contribution in [1.29, 1.82) is 0 Å². The second kappa shape index (κ2) is 7.81. The van der Waals surface area contributed by atoms with Crippen LogP contribution in [0.15, 0.2) is 24.3 Å². The van der Waals surface area contributed by atoms with Gasteiger partial charge in [0, 0.05) is 6.61 Å². The van der Waals surface area contributed by atoms with Gasteiger partial charge in [0.05, 0.1) is 12.2 Å². The third-order valence-electron chi connectivity index (χ3n) is 2.29. The molecule has 1 rings (SSSR count). The van der Waals surface area contributed by atoms with Crippen LogP contribution in [0.1, 0.15) is 22.8 Å². The van der Waals surface area contributed by atoms with Gasteiger partial charge in [0.2, 0.25) is 0 Å². The molecule has 0 radical (unpaired) electrons. The Kier molecular flexibility index (Phi) is 6.29. The van der Waals surface area contributed by atoms with E-state index >= 15 is 0 Å². The third kappa shape index (κ3) is 4.97. The van der Waals surface area contributed by atoms with E-state index in [1.165, 1.54) is 0 Å². The van der Waals surface area contributed by atoms with Gasteiger partial charge < -0.3 is 15.2 Å². The minimum Gasteiger partial charge on any atom is -0.460 e. The summed E-state index contributed by atoms with van der Waals surface area (Å²) < 4.78 is 10.1. The molecule has 1 aromatic rings. The SMILES string of the molecule is CCOCCOC(=O)c1ccc(CCN)cc1. The van der Waals surface area contributed by atoms with Crippen molar-refractivity contribution in [3.8, 4) is 0 Å². The molecular formula is C13H19NO3. The quantitative estimate of drug-likeness (QED) is 0.575. The summed E-state index contributed by atoms with van der Waals surface area (Å²) in [6, 6.07) is 7.31. The van der Waals surface area contributed by atoms with Crippen LogP contribution < -0.4 is 5.73 Å². The lowest BCUT2D eigenvalue weighted by atomic mass is 10.1. The highest BCUT2D eigenvalue weighted by atomic mass is 16.6. The molecule has 0 aromatic heterocycles. The zero-order valence-electron chi connectivity index (χ0n) is 10.1. The molecular weight excluding hydrogens is 218 g/mol. The van der Waals surface area contributed by atoms with Crippen molar-refractivity contribution in [2.24, 2.45) is 5.73 Å². The molecule has 0 atom stereocenters. The number of carbonyl (C=O) groups is 1. The molecule has 0 aliphatic heterocycles. The van der Waals surface area contributed by atoms with Gasteiger partial charge in [-0.3, -0.25) is 0 Å². The molecule has 0 saturated carbocycles. The Morgan fingerprint density at radius 1 is 1.24 bits per heavy atom. The monoisotopic (exact) mass is 237 g/mol. The molecule has 0 spiro atoms. The molecule has 17 heavy (non-hydrogen) atoms. The Morgan fingerprint density at radius 2 is 1.94 bits per heavy atom. The van der Waals surface area contributed by atoms with Crippen molar-refractivity contribution in [2.75, 3.05) is 26.4 Å². The second-order valence-corrected chi connectivity index (χ2v) is 3.57. The van der Waals surface area contributed by atoms with Crippen LogP contribution in [0.5, 0.6) is 0 Å². The molecule has 4 nitrogen and oxygen atoms in total. The van der Waals surface area contributed by atoms with Gasteiger partial charge in [0.15, 0.2) is 0 Å². The lowest BCUT2D eigenvalue weighted by Gasteiger charge is -2.05. The zero-order valence-corrected chi connectivity index (χ0v) is 10.1. The first-order chi connectivity index (χ1) is 8.27. The maximum absolute atomic E-state index is 11.6. The summed E-state index contributed by atoms with van der Waals surface area (Å²) in [5.74, 6) is -0.316. The van der Waals surface area contributed by atoms with Gasteiger partial charge in [-0.05, 0) is 37.6 Å². The highest BCUT2D eigenvalue weighted by Crippen LogP contribution is 2.06. The second-order valence-electron chi connectivity index (χ2n) is 3.57. The lowest BCUT2D eigenvalue weighted by molar-refractivity contribution is 0.0335. The van der Waals surface area contributed by atoms with Crippen LogP contribution in [0.3, 0.4) is 0 Å². The molecule has 0 unspecified atom stereocenters. The van der Waals surface area contributed by atoms with Gasteiger partial charge in [-0.25, -0.2) is 4.79 Å². The fraction of sp³-hybridized carbons (Fsp3) is 0.462. The molecule has 0 saturated heterocycles. The summed E-state index contributed by atoms with van der Waals surface area (Å²) in [5.41, 5.74) is 7.13.